The Bertz CT molecular complexity index is 3250. The van der Waals surface area contributed by atoms with Crippen molar-refractivity contribution in [1.82, 2.24) is 0 Å². The Kier molecular flexibility index (Phi) is 28.0. The lowest BCUT2D eigenvalue weighted by atomic mass is 10.0. The predicted octanol–water partition coefficient (Wildman–Crippen LogP) is 11.3. The maximum atomic E-state index is 13.0. The first-order chi connectivity index (χ1) is 42.6. The first-order valence-corrected chi connectivity index (χ1v) is 29.1. The molecule has 6 aromatic rings. The largest absolute Gasteiger partial charge is 0.497 e. The molecule has 0 aliphatic heterocycles. The van der Waals surface area contributed by atoms with E-state index in [9.17, 15) is 47.9 Å². The minimum atomic E-state index is -0.756. The lowest BCUT2D eigenvalue weighted by Crippen LogP contribution is -2.14. The first-order valence-electron chi connectivity index (χ1n) is 29.1. The number of rotatable bonds is 39. The summed E-state index contributed by atoms with van der Waals surface area (Å²) in [5.41, 5.74) is 3.56. The number of hydrogen-bond donors (Lipinski definition) is 0. The highest BCUT2D eigenvalue weighted by Crippen LogP contribution is 2.20. The SMILES string of the molecule is COc1ccc(C#Cc2ccc(OCCC(=O)CCC(=O)CCC(=O)CCC(=O)CCOc3ccc(C(=O)C(=O)c4ccc(OCCC(=O)CCC(=O)CCC(=O)CCC(=O)CCOc5ccc(C#Cc6ccc(OC)cc6)cc5)cc4)cc3)cc2)cc1. The van der Waals surface area contributed by atoms with Crippen LogP contribution in [-0.2, 0) is 38.4 Å². The summed E-state index contributed by atoms with van der Waals surface area (Å²) in [6.07, 6.45) is 0.365. The van der Waals surface area contributed by atoms with E-state index < -0.39 is 11.6 Å². The summed E-state index contributed by atoms with van der Waals surface area (Å²) in [5.74, 6) is 12.7. The molecule has 0 aliphatic carbocycles. The molecule has 0 bridgehead atoms. The fraction of sp³-hybridized carbons (Fsp3) is 0.306. The summed E-state index contributed by atoms with van der Waals surface area (Å²) in [7, 11) is 3.21. The highest BCUT2D eigenvalue weighted by molar-refractivity contribution is 6.49. The third-order valence-electron chi connectivity index (χ3n) is 13.7. The third kappa shape index (κ3) is 25.3. The van der Waals surface area contributed by atoms with E-state index in [4.69, 9.17) is 28.4 Å². The molecule has 0 fully saturated rings. The van der Waals surface area contributed by atoms with Crippen molar-refractivity contribution < 1.29 is 76.4 Å². The maximum Gasteiger partial charge on any atom is 0.233 e. The van der Waals surface area contributed by atoms with Crippen LogP contribution >= 0.6 is 0 Å². The van der Waals surface area contributed by atoms with Gasteiger partial charge in [0.1, 0.15) is 80.8 Å². The lowest BCUT2D eigenvalue weighted by Gasteiger charge is -2.08. The summed E-state index contributed by atoms with van der Waals surface area (Å²) in [5, 5.41) is 0. The van der Waals surface area contributed by atoms with Gasteiger partial charge in [0.25, 0.3) is 0 Å². The minimum Gasteiger partial charge on any atom is -0.497 e. The number of ether oxygens (including phenoxy) is 6. The van der Waals surface area contributed by atoms with Gasteiger partial charge in [-0.1, -0.05) is 23.7 Å². The van der Waals surface area contributed by atoms with Crippen LogP contribution in [0.15, 0.2) is 146 Å². The monoisotopic (exact) mass is 1190 g/mol. The molecule has 0 N–H and O–H groups in total. The van der Waals surface area contributed by atoms with Crippen LogP contribution in [0.1, 0.15) is 146 Å². The van der Waals surface area contributed by atoms with E-state index in [1.807, 2.05) is 72.8 Å². The number of carbonyl (C=O) groups excluding carboxylic acids is 10. The zero-order valence-corrected chi connectivity index (χ0v) is 49.5. The van der Waals surface area contributed by atoms with E-state index in [1.54, 1.807) is 38.5 Å². The van der Waals surface area contributed by atoms with Gasteiger partial charge in [0.2, 0.25) is 11.6 Å². The molecule has 0 unspecified atom stereocenters. The van der Waals surface area contributed by atoms with Crippen molar-refractivity contribution in [3.8, 4) is 58.2 Å². The Morgan fingerprint density at radius 1 is 0.239 bits per heavy atom. The molecule has 0 saturated carbocycles. The Balaban J connectivity index is 0.743. The fourth-order valence-electron chi connectivity index (χ4n) is 8.38. The molecule has 0 amide bonds. The predicted molar refractivity (Wildman–Crippen MR) is 328 cm³/mol. The smallest absolute Gasteiger partial charge is 0.233 e. The van der Waals surface area contributed by atoms with Crippen molar-refractivity contribution in [2.24, 2.45) is 0 Å². The van der Waals surface area contributed by atoms with Gasteiger partial charge < -0.3 is 28.4 Å². The number of hydrogen-bond acceptors (Lipinski definition) is 16. The molecule has 0 aliphatic rings. The van der Waals surface area contributed by atoms with Crippen LogP contribution in [0.2, 0.25) is 0 Å². The molecule has 6 aromatic carbocycles. The number of benzene rings is 6. The molecule has 0 heterocycles. The zero-order chi connectivity index (χ0) is 62.9. The molecule has 6 rings (SSSR count). The van der Waals surface area contributed by atoms with Crippen molar-refractivity contribution in [2.45, 2.75) is 103 Å². The molecule has 0 radical (unpaired) electrons. The van der Waals surface area contributed by atoms with Crippen LogP contribution in [0.5, 0.6) is 34.5 Å². The van der Waals surface area contributed by atoms with Crippen LogP contribution in [-0.4, -0.2) is 98.5 Å². The first kappa shape index (κ1) is 67.1. The summed E-state index contributed by atoms with van der Waals surface area (Å²) < 4.78 is 33.0. The number of ketones is 10. The van der Waals surface area contributed by atoms with Gasteiger partial charge in [-0.15, -0.1) is 0 Å². The topological polar surface area (TPSA) is 226 Å². The molecule has 454 valence electrons. The van der Waals surface area contributed by atoms with Gasteiger partial charge in [-0.2, -0.15) is 0 Å². The van der Waals surface area contributed by atoms with E-state index >= 15 is 0 Å². The normalized spacial score (nSPS) is 10.4. The molecular formula is C72H70O16. The van der Waals surface area contributed by atoms with Crippen molar-refractivity contribution in [3.05, 3.63) is 179 Å². The van der Waals surface area contributed by atoms with Crippen molar-refractivity contribution in [2.75, 3.05) is 40.6 Å². The van der Waals surface area contributed by atoms with Gasteiger partial charge in [-0.05, 0) is 146 Å². The van der Waals surface area contributed by atoms with Gasteiger partial charge in [0.05, 0.1) is 40.6 Å². The van der Waals surface area contributed by atoms with Crippen LogP contribution in [0.3, 0.4) is 0 Å². The van der Waals surface area contributed by atoms with E-state index in [1.165, 1.54) is 48.5 Å². The fourth-order valence-corrected chi connectivity index (χ4v) is 8.38. The Labute approximate surface area is 512 Å². The second-order valence-electron chi connectivity index (χ2n) is 20.4. The number of carbonyl (C=O) groups is 10. The Hall–Kier alpha value is -10.1. The second kappa shape index (κ2) is 36.7. The molecule has 0 saturated heterocycles. The van der Waals surface area contributed by atoms with Gasteiger partial charge in [0, 0.05) is 136 Å². The standard InChI is InChI=1S/C72H70O16/c1-83-65-31-7-51(8-32-65)3-5-53-11-35-67(36-12-53)85-47-43-61(77)27-23-57(73)19-21-59(75)25-29-63(79)45-49-87-69-39-15-55(16-40-69)71(81)72(82)56-17-41-70(42-18-56)88-50-46-64(80)30-26-60(76)22-20-58(74)24-28-62(78)44-48-86-68-37-13-54(14-38-68)6-4-52-9-33-66(84-2)34-10-52/h7-18,31-42H,19-30,43-50H2,1-2H3. The van der Waals surface area contributed by atoms with Gasteiger partial charge in [-0.25, -0.2) is 0 Å². The molecule has 0 aromatic heterocycles. The molecule has 0 spiro atoms. The number of methoxy groups -OCH3 is 2. The van der Waals surface area contributed by atoms with Gasteiger partial charge >= 0.3 is 0 Å². The Morgan fingerprint density at radius 3 is 0.602 bits per heavy atom. The summed E-state index contributed by atoms with van der Waals surface area (Å²) in [6.45, 7) is 0.356. The van der Waals surface area contributed by atoms with Crippen LogP contribution in [0.4, 0.5) is 0 Å². The van der Waals surface area contributed by atoms with E-state index in [2.05, 4.69) is 23.7 Å². The minimum absolute atomic E-state index is 0.00935. The molecule has 16 nitrogen and oxygen atoms in total. The summed E-state index contributed by atoms with van der Waals surface area (Å²) >= 11 is 0. The Morgan fingerprint density at radius 2 is 0.409 bits per heavy atom. The second-order valence-corrected chi connectivity index (χ2v) is 20.4. The van der Waals surface area contributed by atoms with Crippen LogP contribution in [0, 0.1) is 23.7 Å². The van der Waals surface area contributed by atoms with Gasteiger partial charge in [0.15, 0.2) is 0 Å². The van der Waals surface area contributed by atoms with E-state index in [0.29, 0.717) is 23.0 Å². The number of Topliss-reactive ketones (excluding diaryl/α,β-unsaturated/α-hetero) is 10. The molecule has 88 heavy (non-hydrogen) atoms. The quantitative estimate of drug-likeness (QED) is 0.0199. The summed E-state index contributed by atoms with van der Waals surface area (Å²) in [6, 6.07) is 41.0. The molecular weight excluding hydrogens is 1120 g/mol. The average molecular weight is 1190 g/mol. The molecule has 0 atom stereocenters. The van der Waals surface area contributed by atoms with Gasteiger partial charge in [-0.3, -0.25) is 47.9 Å². The molecule has 16 heteroatoms. The summed E-state index contributed by atoms with van der Waals surface area (Å²) in [4.78, 5) is 125. The maximum absolute atomic E-state index is 13.0. The highest BCUT2D eigenvalue weighted by Gasteiger charge is 2.20. The zero-order valence-electron chi connectivity index (χ0n) is 49.5. The highest BCUT2D eigenvalue weighted by atomic mass is 16.5. The van der Waals surface area contributed by atoms with Crippen LogP contribution in [0.25, 0.3) is 0 Å². The van der Waals surface area contributed by atoms with E-state index in [-0.39, 0.29) is 187 Å². The third-order valence-corrected chi connectivity index (χ3v) is 13.7. The van der Waals surface area contributed by atoms with E-state index in [0.717, 1.165) is 33.8 Å². The lowest BCUT2D eigenvalue weighted by molar-refractivity contribution is -0.127. The average Bonchev–Trinajstić information content (AvgIpc) is 3.67. The van der Waals surface area contributed by atoms with Crippen LogP contribution < -0.4 is 28.4 Å². The van der Waals surface area contributed by atoms with Crippen molar-refractivity contribution in [1.29, 1.82) is 0 Å². The van der Waals surface area contributed by atoms with Crippen molar-refractivity contribution >= 4 is 57.8 Å². The van der Waals surface area contributed by atoms with Crippen molar-refractivity contribution in [3.63, 3.8) is 0 Å².